The summed E-state index contributed by atoms with van der Waals surface area (Å²) >= 11 is 0. The molecule has 100 valence electrons. The monoisotopic (exact) mass is 249 g/mol. The van der Waals surface area contributed by atoms with Crippen molar-refractivity contribution in [2.45, 2.75) is 32.7 Å². The smallest absolute Gasteiger partial charge is 0.166 e. The van der Waals surface area contributed by atoms with Crippen LogP contribution in [0.4, 0.5) is 0 Å². The van der Waals surface area contributed by atoms with Crippen molar-refractivity contribution in [2.75, 3.05) is 20.3 Å². The molecular formula is C15H23NO2. The summed E-state index contributed by atoms with van der Waals surface area (Å²) < 4.78 is 11.4. The SMILES string of the molecule is CCC(C)CC(NC)c1cccc2c1OCCO2. The first-order chi connectivity index (χ1) is 8.76. The Balaban J connectivity index is 2.24. The van der Waals surface area contributed by atoms with Crippen molar-refractivity contribution < 1.29 is 9.47 Å². The minimum absolute atomic E-state index is 0.330. The molecule has 18 heavy (non-hydrogen) atoms. The maximum Gasteiger partial charge on any atom is 0.166 e. The third-order valence-electron chi connectivity index (χ3n) is 3.66. The van der Waals surface area contributed by atoms with Crippen LogP contribution in [0.5, 0.6) is 11.5 Å². The summed E-state index contributed by atoms with van der Waals surface area (Å²) in [5.41, 5.74) is 1.22. The molecular weight excluding hydrogens is 226 g/mol. The molecule has 0 saturated carbocycles. The molecule has 0 bridgehead atoms. The van der Waals surface area contributed by atoms with Crippen molar-refractivity contribution >= 4 is 0 Å². The van der Waals surface area contributed by atoms with Crippen LogP contribution in [-0.2, 0) is 0 Å². The van der Waals surface area contributed by atoms with Crippen LogP contribution in [0, 0.1) is 5.92 Å². The van der Waals surface area contributed by atoms with E-state index >= 15 is 0 Å². The summed E-state index contributed by atoms with van der Waals surface area (Å²) in [5.74, 6) is 2.50. The molecule has 0 radical (unpaired) electrons. The molecule has 2 rings (SSSR count). The van der Waals surface area contributed by atoms with Crippen LogP contribution in [0.15, 0.2) is 18.2 Å². The van der Waals surface area contributed by atoms with Crippen LogP contribution >= 0.6 is 0 Å². The number of fused-ring (bicyclic) bond motifs is 1. The van der Waals surface area contributed by atoms with Crippen LogP contribution in [0.3, 0.4) is 0 Å². The second kappa shape index (κ2) is 6.10. The van der Waals surface area contributed by atoms with Gasteiger partial charge in [-0.15, -0.1) is 0 Å². The van der Waals surface area contributed by atoms with Gasteiger partial charge in [0.05, 0.1) is 0 Å². The largest absolute Gasteiger partial charge is 0.486 e. The Bertz CT molecular complexity index is 392. The van der Waals surface area contributed by atoms with E-state index in [0.717, 1.165) is 17.9 Å². The number of nitrogens with one attached hydrogen (secondary N) is 1. The first-order valence-electron chi connectivity index (χ1n) is 6.82. The average Bonchev–Trinajstić information content (AvgIpc) is 2.44. The van der Waals surface area contributed by atoms with Gasteiger partial charge in [0.25, 0.3) is 0 Å². The lowest BCUT2D eigenvalue weighted by Crippen LogP contribution is -2.22. The third kappa shape index (κ3) is 2.78. The fourth-order valence-electron chi connectivity index (χ4n) is 2.34. The van der Waals surface area contributed by atoms with Crippen LogP contribution in [0.2, 0.25) is 0 Å². The number of para-hydroxylation sites is 1. The van der Waals surface area contributed by atoms with E-state index in [9.17, 15) is 0 Å². The zero-order valence-corrected chi connectivity index (χ0v) is 11.5. The van der Waals surface area contributed by atoms with Crippen molar-refractivity contribution in [2.24, 2.45) is 5.92 Å². The van der Waals surface area contributed by atoms with Gasteiger partial charge in [-0.05, 0) is 25.5 Å². The van der Waals surface area contributed by atoms with Gasteiger partial charge in [0.15, 0.2) is 11.5 Å². The molecule has 0 saturated heterocycles. The van der Waals surface area contributed by atoms with E-state index in [1.807, 2.05) is 19.2 Å². The first kappa shape index (κ1) is 13.2. The predicted octanol–water partition coefficient (Wildman–Crippen LogP) is 3.15. The fourth-order valence-corrected chi connectivity index (χ4v) is 2.34. The summed E-state index contributed by atoms with van der Waals surface area (Å²) in [6.45, 7) is 5.81. The molecule has 0 amide bonds. The standard InChI is InChI=1S/C15H23NO2/c1-4-11(2)10-13(16-3)12-6-5-7-14-15(12)18-9-8-17-14/h5-7,11,13,16H,4,8-10H2,1-3H3. The average molecular weight is 249 g/mol. The molecule has 0 aliphatic carbocycles. The highest BCUT2D eigenvalue weighted by atomic mass is 16.6. The molecule has 2 atom stereocenters. The quantitative estimate of drug-likeness (QED) is 0.869. The second-order valence-electron chi connectivity index (χ2n) is 4.96. The summed E-state index contributed by atoms with van der Waals surface area (Å²) in [6, 6.07) is 6.49. The molecule has 3 heteroatoms. The minimum atomic E-state index is 0.330. The highest BCUT2D eigenvalue weighted by Crippen LogP contribution is 2.38. The maximum absolute atomic E-state index is 5.79. The van der Waals surface area contributed by atoms with Crippen molar-refractivity contribution in [3.63, 3.8) is 0 Å². The Hall–Kier alpha value is -1.22. The van der Waals surface area contributed by atoms with Gasteiger partial charge < -0.3 is 14.8 Å². The highest BCUT2D eigenvalue weighted by Gasteiger charge is 2.22. The van der Waals surface area contributed by atoms with Gasteiger partial charge in [0, 0.05) is 11.6 Å². The Kier molecular flexibility index (Phi) is 4.48. The lowest BCUT2D eigenvalue weighted by atomic mass is 9.93. The molecule has 1 aliphatic heterocycles. The van der Waals surface area contributed by atoms with Gasteiger partial charge in [-0.25, -0.2) is 0 Å². The topological polar surface area (TPSA) is 30.5 Å². The van der Waals surface area contributed by atoms with Gasteiger partial charge in [0.2, 0.25) is 0 Å². The van der Waals surface area contributed by atoms with Crippen molar-refractivity contribution in [1.82, 2.24) is 5.32 Å². The highest BCUT2D eigenvalue weighted by molar-refractivity contribution is 5.48. The van der Waals surface area contributed by atoms with Crippen LogP contribution in [0.1, 0.15) is 38.3 Å². The number of ether oxygens (including phenoxy) is 2. The van der Waals surface area contributed by atoms with Gasteiger partial charge in [-0.1, -0.05) is 32.4 Å². The number of hydrogen-bond acceptors (Lipinski definition) is 3. The molecule has 0 fully saturated rings. The lowest BCUT2D eigenvalue weighted by molar-refractivity contribution is 0.168. The normalized spacial score (nSPS) is 17.3. The van der Waals surface area contributed by atoms with Gasteiger partial charge in [-0.2, -0.15) is 0 Å². The van der Waals surface area contributed by atoms with Crippen LogP contribution < -0.4 is 14.8 Å². The second-order valence-corrected chi connectivity index (χ2v) is 4.96. The fraction of sp³-hybridized carbons (Fsp3) is 0.600. The van der Waals surface area contributed by atoms with E-state index in [0.29, 0.717) is 25.2 Å². The molecule has 1 aromatic carbocycles. The number of hydrogen-bond donors (Lipinski definition) is 1. The molecule has 1 heterocycles. The predicted molar refractivity (Wildman–Crippen MR) is 73.3 cm³/mol. The van der Waals surface area contributed by atoms with Gasteiger partial charge in [0.1, 0.15) is 13.2 Å². The van der Waals surface area contributed by atoms with E-state index in [-0.39, 0.29) is 0 Å². The molecule has 0 aromatic heterocycles. The molecule has 3 nitrogen and oxygen atoms in total. The summed E-state index contributed by atoms with van der Waals surface area (Å²) in [7, 11) is 2.01. The molecule has 1 aliphatic rings. The zero-order valence-electron chi connectivity index (χ0n) is 11.5. The summed E-state index contributed by atoms with van der Waals surface area (Å²) in [6.07, 6.45) is 2.32. The molecule has 1 aromatic rings. The Morgan fingerprint density at radius 1 is 1.28 bits per heavy atom. The van der Waals surface area contributed by atoms with E-state index in [1.54, 1.807) is 0 Å². The first-order valence-corrected chi connectivity index (χ1v) is 6.82. The Labute approximate surface area is 109 Å². The Morgan fingerprint density at radius 3 is 2.78 bits per heavy atom. The summed E-state index contributed by atoms with van der Waals surface area (Å²) in [4.78, 5) is 0. The Morgan fingerprint density at radius 2 is 2.06 bits per heavy atom. The maximum atomic E-state index is 5.79. The lowest BCUT2D eigenvalue weighted by Gasteiger charge is -2.26. The van der Waals surface area contributed by atoms with E-state index < -0.39 is 0 Å². The van der Waals surface area contributed by atoms with E-state index in [2.05, 4.69) is 25.2 Å². The van der Waals surface area contributed by atoms with Crippen LogP contribution in [0.25, 0.3) is 0 Å². The van der Waals surface area contributed by atoms with E-state index in [1.165, 1.54) is 12.0 Å². The third-order valence-corrected chi connectivity index (χ3v) is 3.66. The van der Waals surface area contributed by atoms with Gasteiger partial charge in [-0.3, -0.25) is 0 Å². The molecule has 2 unspecified atom stereocenters. The van der Waals surface area contributed by atoms with Gasteiger partial charge >= 0.3 is 0 Å². The minimum Gasteiger partial charge on any atom is -0.486 e. The number of benzene rings is 1. The van der Waals surface area contributed by atoms with Crippen molar-refractivity contribution in [3.05, 3.63) is 23.8 Å². The van der Waals surface area contributed by atoms with Crippen molar-refractivity contribution in [3.8, 4) is 11.5 Å². The molecule has 0 spiro atoms. The zero-order chi connectivity index (χ0) is 13.0. The van der Waals surface area contributed by atoms with Crippen LogP contribution in [-0.4, -0.2) is 20.3 Å². The number of rotatable bonds is 5. The van der Waals surface area contributed by atoms with Crippen molar-refractivity contribution in [1.29, 1.82) is 0 Å². The summed E-state index contributed by atoms with van der Waals surface area (Å²) in [5, 5.41) is 3.40. The molecule has 1 N–H and O–H groups in total. The van der Waals surface area contributed by atoms with E-state index in [4.69, 9.17) is 9.47 Å².